The molecule has 0 fully saturated rings. The highest BCUT2D eigenvalue weighted by Crippen LogP contribution is 2.13. The summed E-state index contributed by atoms with van der Waals surface area (Å²) in [7, 11) is 0. The number of benzene rings is 1. The van der Waals surface area contributed by atoms with E-state index in [1.165, 1.54) is 6.08 Å². The third-order valence-electron chi connectivity index (χ3n) is 2.78. The Kier molecular flexibility index (Phi) is 5.89. The van der Waals surface area contributed by atoms with Crippen molar-refractivity contribution in [3.63, 3.8) is 0 Å². The van der Waals surface area contributed by atoms with Crippen LogP contribution in [0.25, 0.3) is 0 Å². The van der Waals surface area contributed by atoms with E-state index in [4.69, 9.17) is 16.2 Å². The molecule has 0 saturated heterocycles. The number of allylic oxidation sites excluding steroid dienone is 5. The van der Waals surface area contributed by atoms with E-state index in [1.54, 1.807) is 48.6 Å². The SMILES string of the molecule is C=CC(=C\C=C/C)/C([OH2+])=C(\N)C(=N)C(=O)c1ccccc1. The smallest absolute Gasteiger partial charge is 0.287 e. The molecule has 1 rings (SSSR count). The van der Waals surface area contributed by atoms with E-state index in [0.29, 0.717) is 11.1 Å². The first-order valence-electron chi connectivity index (χ1n) is 6.38. The first kappa shape index (κ1) is 16.2. The standard InChI is InChI=1S/C17H18N2O2/c1-3-5-9-12(4-2)16(20)14(18)15(19)17(21)13-10-7-6-8-11-13/h3-11,19-20H,2,18H2,1H3/p+1/b5-3-,12-9+,16-14+,19-15?. The first-order valence-corrected chi connectivity index (χ1v) is 6.38. The monoisotopic (exact) mass is 283 g/mol. The van der Waals surface area contributed by atoms with Crippen molar-refractivity contribution < 1.29 is 9.90 Å². The third-order valence-corrected chi connectivity index (χ3v) is 2.78. The van der Waals surface area contributed by atoms with E-state index in [2.05, 4.69) is 6.58 Å². The maximum atomic E-state index is 12.1. The van der Waals surface area contributed by atoms with Crippen LogP contribution in [0.1, 0.15) is 17.3 Å². The predicted octanol–water partition coefficient (Wildman–Crippen LogP) is 2.47. The maximum Gasteiger partial charge on any atom is 0.287 e. The molecule has 0 saturated carbocycles. The molecule has 21 heavy (non-hydrogen) atoms. The molecule has 0 aliphatic rings. The molecule has 4 nitrogen and oxygen atoms in total. The maximum absolute atomic E-state index is 12.1. The van der Waals surface area contributed by atoms with E-state index in [1.807, 2.05) is 6.92 Å². The summed E-state index contributed by atoms with van der Waals surface area (Å²) in [5.41, 5.74) is 6.05. The number of nitrogens with two attached hydrogens (primary N) is 1. The Balaban J connectivity index is 3.13. The Labute approximate surface area is 124 Å². The van der Waals surface area contributed by atoms with Gasteiger partial charge < -0.3 is 10.8 Å². The number of hydrogen-bond donors (Lipinski definition) is 2. The van der Waals surface area contributed by atoms with Gasteiger partial charge in [0.15, 0.2) is 5.70 Å². The molecule has 0 aliphatic heterocycles. The fourth-order valence-corrected chi connectivity index (χ4v) is 1.59. The Bertz CT molecular complexity index is 638. The molecule has 0 atom stereocenters. The van der Waals surface area contributed by atoms with Crippen molar-refractivity contribution >= 4 is 11.5 Å². The molecule has 5 N–H and O–H groups in total. The molecule has 0 aliphatic carbocycles. The van der Waals surface area contributed by atoms with E-state index in [9.17, 15) is 4.79 Å². The van der Waals surface area contributed by atoms with Gasteiger partial charge in [0.1, 0.15) is 5.71 Å². The summed E-state index contributed by atoms with van der Waals surface area (Å²) < 4.78 is 0. The zero-order valence-electron chi connectivity index (χ0n) is 11.9. The van der Waals surface area contributed by atoms with Crippen LogP contribution in [0, 0.1) is 5.41 Å². The van der Waals surface area contributed by atoms with Gasteiger partial charge in [-0.25, -0.2) is 0 Å². The van der Waals surface area contributed by atoms with Gasteiger partial charge in [-0.3, -0.25) is 10.2 Å². The van der Waals surface area contributed by atoms with Gasteiger partial charge in [0.05, 0.1) is 5.57 Å². The van der Waals surface area contributed by atoms with Crippen LogP contribution in [0.5, 0.6) is 0 Å². The molecule has 108 valence electrons. The van der Waals surface area contributed by atoms with Gasteiger partial charge in [-0.2, -0.15) is 0 Å². The molecular formula is C17H19N2O2+. The number of ketones is 1. The Morgan fingerprint density at radius 2 is 1.95 bits per heavy atom. The third kappa shape index (κ3) is 4.04. The highest BCUT2D eigenvalue weighted by atomic mass is 16.3. The van der Waals surface area contributed by atoms with Crippen molar-refractivity contribution in [3.05, 3.63) is 83.8 Å². The van der Waals surface area contributed by atoms with Gasteiger partial charge in [-0.05, 0) is 13.0 Å². The van der Waals surface area contributed by atoms with Gasteiger partial charge in [-0.15, -0.1) is 0 Å². The van der Waals surface area contributed by atoms with Crippen LogP contribution in [-0.2, 0) is 0 Å². The van der Waals surface area contributed by atoms with Gasteiger partial charge >= 0.3 is 0 Å². The average molecular weight is 283 g/mol. The van der Waals surface area contributed by atoms with Crippen molar-refractivity contribution in [2.24, 2.45) is 5.73 Å². The molecule has 1 aromatic rings. The van der Waals surface area contributed by atoms with Crippen molar-refractivity contribution in [2.75, 3.05) is 0 Å². The van der Waals surface area contributed by atoms with E-state index >= 15 is 0 Å². The average Bonchev–Trinajstić information content (AvgIpc) is 2.54. The van der Waals surface area contributed by atoms with Crippen LogP contribution in [0.2, 0.25) is 0 Å². The fourth-order valence-electron chi connectivity index (χ4n) is 1.59. The van der Waals surface area contributed by atoms with Gasteiger partial charge in [0.25, 0.3) is 5.76 Å². The molecule has 1 aromatic carbocycles. The topological polar surface area (TPSA) is 89.8 Å². The highest BCUT2D eigenvalue weighted by Gasteiger charge is 2.21. The summed E-state index contributed by atoms with van der Waals surface area (Å²) in [5, 5.41) is 15.9. The molecule has 0 aromatic heterocycles. The van der Waals surface area contributed by atoms with Crippen molar-refractivity contribution in [1.29, 1.82) is 5.41 Å². The largest absolute Gasteiger partial charge is 0.591 e. The van der Waals surface area contributed by atoms with Crippen LogP contribution >= 0.6 is 0 Å². The minimum Gasteiger partial charge on any atom is -0.591 e. The molecule has 0 spiro atoms. The fraction of sp³-hybridized carbons (Fsp3) is 0.0588. The molecule has 0 bridgehead atoms. The Morgan fingerprint density at radius 3 is 2.48 bits per heavy atom. The lowest BCUT2D eigenvalue weighted by molar-refractivity contribution is 0.106. The number of carbonyl (C=O) groups is 1. The van der Waals surface area contributed by atoms with Gasteiger partial charge in [0, 0.05) is 5.56 Å². The second-order valence-corrected chi connectivity index (χ2v) is 4.21. The lowest BCUT2D eigenvalue weighted by Crippen LogP contribution is -2.23. The lowest BCUT2D eigenvalue weighted by atomic mass is 10.0. The van der Waals surface area contributed by atoms with E-state index in [-0.39, 0.29) is 17.2 Å². The molecule has 0 radical (unpaired) electrons. The quantitative estimate of drug-likeness (QED) is 0.276. The summed E-state index contributed by atoms with van der Waals surface area (Å²) >= 11 is 0. The summed E-state index contributed by atoms with van der Waals surface area (Å²) in [6.45, 7) is 5.45. The minimum absolute atomic E-state index is 0.0858. The molecule has 0 heterocycles. The first-order chi connectivity index (χ1) is 10.0. The van der Waals surface area contributed by atoms with E-state index in [0.717, 1.165) is 0 Å². The number of Topliss-reactive ketones (excluding diaryl/α,β-unsaturated/α-hetero) is 1. The molecule has 4 heteroatoms. The Morgan fingerprint density at radius 1 is 1.33 bits per heavy atom. The summed E-state index contributed by atoms with van der Waals surface area (Å²) in [4.78, 5) is 12.1. The lowest BCUT2D eigenvalue weighted by Gasteiger charge is -2.05. The predicted molar refractivity (Wildman–Crippen MR) is 86.4 cm³/mol. The van der Waals surface area contributed by atoms with Crippen LogP contribution in [0.3, 0.4) is 0 Å². The highest BCUT2D eigenvalue weighted by molar-refractivity contribution is 6.50. The van der Waals surface area contributed by atoms with Crippen LogP contribution in [-0.4, -0.2) is 16.6 Å². The van der Waals surface area contributed by atoms with Gasteiger partial charge in [0.2, 0.25) is 5.78 Å². The van der Waals surface area contributed by atoms with Crippen LogP contribution in [0.4, 0.5) is 0 Å². The number of nitrogens with one attached hydrogen (secondary N) is 1. The normalized spacial score (nSPS) is 12.9. The summed E-state index contributed by atoms with van der Waals surface area (Å²) in [5.74, 6) is -0.593. The summed E-state index contributed by atoms with van der Waals surface area (Å²) in [6.07, 6.45) is 6.66. The zero-order chi connectivity index (χ0) is 15.8. The zero-order valence-corrected chi connectivity index (χ0v) is 11.9. The van der Waals surface area contributed by atoms with Crippen LogP contribution in [0.15, 0.2) is 78.2 Å². The number of rotatable bonds is 6. The number of hydrogen-bond acceptors (Lipinski definition) is 3. The van der Waals surface area contributed by atoms with Crippen molar-refractivity contribution in [1.82, 2.24) is 0 Å². The van der Waals surface area contributed by atoms with E-state index < -0.39 is 5.78 Å². The second kappa shape index (κ2) is 7.65. The molecule has 0 unspecified atom stereocenters. The van der Waals surface area contributed by atoms with Crippen molar-refractivity contribution in [2.45, 2.75) is 6.92 Å². The number of carbonyl (C=O) groups excluding carboxylic acids is 1. The summed E-state index contributed by atoms with van der Waals surface area (Å²) in [6, 6.07) is 8.42. The molecule has 0 amide bonds. The minimum atomic E-state index is -0.507. The van der Waals surface area contributed by atoms with Crippen molar-refractivity contribution in [3.8, 4) is 0 Å². The molecular weight excluding hydrogens is 264 g/mol. The van der Waals surface area contributed by atoms with Gasteiger partial charge in [-0.1, -0.05) is 55.1 Å². The second-order valence-electron chi connectivity index (χ2n) is 4.21. The van der Waals surface area contributed by atoms with Crippen LogP contribution < -0.4 is 5.73 Å². The Hall–Kier alpha value is -2.88.